The third-order valence-corrected chi connectivity index (χ3v) is 4.85. The van der Waals surface area contributed by atoms with Gasteiger partial charge in [0.1, 0.15) is 0 Å². The lowest BCUT2D eigenvalue weighted by Gasteiger charge is -2.26. The highest BCUT2D eigenvalue weighted by Gasteiger charge is 2.64. The molecular formula is C15H21N. The second-order valence-electron chi connectivity index (χ2n) is 5.99. The maximum absolute atomic E-state index is 6.48. The molecule has 2 aliphatic rings. The molecule has 86 valence electrons. The first-order valence-electron chi connectivity index (χ1n) is 6.36. The van der Waals surface area contributed by atoms with Gasteiger partial charge in [-0.2, -0.15) is 0 Å². The number of benzene rings is 1. The van der Waals surface area contributed by atoms with Crippen molar-refractivity contribution in [3.63, 3.8) is 0 Å². The van der Waals surface area contributed by atoms with Crippen LogP contribution in [0.1, 0.15) is 47.9 Å². The van der Waals surface area contributed by atoms with E-state index < -0.39 is 0 Å². The fourth-order valence-electron chi connectivity index (χ4n) is 3.25. The molecule has 0 aliphatic heterocycles. The first-order valence-corrected chi connectivity index (χ1v) is 6.36. The fraction of sp³-hybridized carbons (Fsp3) is 0.600. The van der Waals surface area contributed by atoms with E-state index in [1.54, 1.807) is 0 Å². The Morgan fingerprint density at radius 3 is 1.94 bits per heavy atom. The molecule has 0 heterocycles. The lowest BCUT2D eigenvalue weighted by atomic mass is 9.82. The minimum absolute atomic E-state index is 0.138. The lowest BCUT2D eigenvalue weighted by molar-refractivity contribution is 0.501. The summed E-state index contributed by atoms with van der Waals surface area (Å²) < 4.78 is 0. The van der Waals surface area contributed by atoms with E-state index in [9.17, 15) is 0 Å². The molecule has 0 amide bonds. The summed E-state index contributed by atoms with van der Waals surface area (Å²) in [5, 5.41) is 0. The molecule has 0 spiro atoms. The van der Waals surface area contributed by atoms with Crippen LogP contribution in [0.15, 0.2) is 12.1 Å². The highest BCUT2D eigenvalue weighted by atomic mass is 14.9. The predicted octanol–water partition coefficient (Wildman–Crippen LogP) is 3.13. The minimum Gasteiger partial charge on any atom is -0.324 e. The predicted molar refractivity (Wildman–Crippen MR) is 67.7 cm³/mol. The maximum Gasteiger partial charge on any atom is 0.0253 e. The van der Waals surface area contributed by atoms with E-state index in [4.69, 9.17) is 5.73 Å². The van der Waals surface area contributed by atoms with Crippen molar-refractivity contribution in [3.8, 4) is 0 Å². The summed E-state index contributed by atoms with van der Waals surface area (Å²) in [4.78, 5) is 0. The Kier molecular flexibility index (Phi) is 1.87. The van der Waals surface area contributed by atoms with Gasteiger partial charge >= 0.3 is 0 Å². The van der Waals surface area contributed by atoms with Gasteiger partial charge in [-0.15, -0.1) is 0 Å². The van der Waals surface area contributed by atoms with Crippen molar-refractivity contribution < 1.29 is 0 Å². The van der Waals surface area contributed by atoms with Gasteiger partial charge in [0, 0.05) is 11.0 Å². The molecule has 1 heteroatoms. The van der Waals surface area contributed by atoms with Gasteiger partial charge in [-0.25, -0.2) is 0 Å². The van der Waals surface area contributed by atoms with Crippen molar-refractivity contribution in [2.24, 2.45) is 5.73 Å². The molecule has 1 aromatic carbocycles. The summed E-state index contributed by atoms with van der Waals surface area (Å²) in [7, 11) is 0. The Hall–Kier alpha value is -0.820. The van der Waals surface area contributed by atoms with Crippen LogP contribution in [0.25, 0.3) is 0 Å². The third-order valence-electron chi connectivity index (χ3n) is 4.85. The van der Waals surface area contributed by atoms with E-state index >= 15 is 0 Å². The molecule has 3 rings (SSSR count). The molecule has 0 radical (unpaired) electrons. The molecule has 16 heavy (non-hydrogen) atoms. The van der Waals surface area contributed by atoms with Crippen LogP contribution in [-0.2, 0) is 5.41 Å². The number of hydrogen-bond donors (Lipinski definition) is 1. The molecule has 0 bridgehead atoms. The van der Waals surface area contributed by atoms with Crippen LogP contribution in [0.2, 0.25) is 0 Å². The van der Waals surface area contributed by atoms with E-state index in [-0.39, 0.29) is 5.54 Å². The molecule has 2 N–H and O–H groups in total. The second-order valence-corrected chi connectivity index (χ2v) is 5.99. The average Bonchev–Trinajstić information content (AvgIpc) is 3.07. The fourth-order valence-corrected chi connectivity index (χ4v) is 3.25. The van der Waals surface area contributed by atoms with Crippen molar-refractivity contribution >= 4 is 0 Å². The van der Waals surface area contributed by atoms with Crippen molar-refractivity contribution in [2.75, 3.05) is 0 Å². The van der Waals surface area contributed by atoms with Gasteiger partial charge in [0.15, 0.2) is 0 Å². The van der Waals surface area contributed by atoms with E-state index in [1.165, 1.54) is 47.9 Å². The number of aryl methyl sites for hydroxylation is 3. The van der Waals surface area contributed by atoms with Gasteiger partial charge in [0.25, 0.3) is 0 Å². The van der Waals surface area contributed by atoms with Crippen molar-refractivity contribution in [3.05, 3.63) is 34.4 Å². The van der Waals surface area contributed by atoms with Gasteiger partial charge in [-0.3, -0.25) is 0 Å². The molecule has 2 aliphatic carbocycles. The Morgan fingerprint density at radius 1 is 0.875 bits per heavy atom. The Morgan fingerprint density at radius 2 is 1.44 bits per heavy atom. The summed E-state index contributed by atoms with van der Waals surface area (Å²) in [5.74, 6) is 0. The van der Waals surface area contributed by atoms with Crippen molar-refractivity contribution in [1.82, 2.24) is 0 Å². The number of rotatable bonds is 2. The number of nitrogens with two attached hydrogens (primary N) is 1. The highest BCUT2D eigenvalue weighted by Crippen LogP contribution is 2.64. The van der Waals surface area contributed by atoms with Crippen molar-refractivity contribution in [1.29, 1.82) is 0 Å². The van der Waals surface area contributed by atoms with Gasteiger partial charge in [0.05, 0.1) is 0 Å². The summed E-state index contributed by atoms with van der Waals surface area (Å²) in [5.41, 5.74) is 12.8. The first kappa shape index (κ1) is 10.3. The molecule has 1 nitrogen and oxygen atoms in total. The normalized spacial score (nSPS) is 24.2. The summed E-state index contributed by atoms with van der Waals surface area (Å²) in [6, 6.07) is 4.72. The molecule has 2 fully saturated rings. The topological polar surface area (TPSA) is 26.0 Å². The Labute approximate surface area is 98.0 Å². The lowest BCUT2D eigenvalue weighted by Crippen LogP contribution is -2.37. The standard InChI is InChI=1S/C15H21N/c1-10-8-12(3)13(9-11(10)2)14(4-5-14)15(16)6-7-15/h8-9H,4-7,16H2,1-3H3. The third kappa shape index (κ3) is 1.21. The van der Waals surface area contributed by atoms with E-state index in [0.29, 0.717) is 5.41 Å². The Bertz CT molecular complexity index is 451. The second kappa shape index (κ2) is 2.89. The van der Waals surface area contributed by atoms with Crippen LogP contribution in [-0.4, -0.2) is 5.54 Å². The van der Waals surface area contributed by atoms with E-state index in [0.717, 1.165) is 0 Å². The largest absolute Gasteiger partial charge is 0.324 e. The molecule has 1 aromatic rings. The van der Waals surface area contributed by atoms with E-state index in [1.807, 2.05) is 0 Å². The van der Waals surface area contributed by atoms with Gasteiger partial charge in [0.2, 0.25) is 0 Å². The van der Waals surface area contributed by atoms with Crippen LogP contribution < -0.4 is 5.73 Å². The maximum atomic E-state index is 6.48. The monoisotopic (exact) mass is 215 g/mol. The zero-order valence-corrected chi connectivity index (χ0v) is 10.6. The van der Waals surface area contributed by atoms with Crippen LogP contribution in [0, 0.1) is 20.8 Å². The van der Waals surface area contributed by atoms with Crippen molar-refractivity contribution in [2.45, 2.75) is 57.4 Å². The first-order chi connectivity index (χ1) is 7.48. The zero-order chi connectivity index (χ0) is 11.6. The quantitative estimate of drug-likeness (QED) is 0.806. The average molecular weight is 215 g/mol. The van der Waals surface area contributed by atoms with Crippen LogP contribution in [0.4, 0.5) is 0 Å². The summed E-state index contributed by atoms with van der Waals surface area (Å²) >= 11 is 0. The zero-order valence-electron chi connectivity index (χ0n) is 10.6. The summed E-state index contributed by atoms with van der Waals surface area (Å²) in [6.45, 7) is 6.65. The molecule has 0 aromatic heterocycles. The van der Waals surface area contributed by atoms with Crippen LogP contribution >= 0.6 is 0 Å². The minimum atomic E-state index is 0.138. The summed E-state index contributed by atoms with van der Waals surface area (Å²) in [6.07, 6.45) is 5.04. The van der Waals surface area contributed by atoms with E-state index in [2.05, 4.69) is 32.9 Å². The molecule has 0 atom stereocenters. The van der Waals surface area contributed by atoms with Crippen LogP contribution in [0.3, 0.4) is 0 Å². The molecular weight excluding hydrogens is 194 g/mol. The van der Waals surface area contributed by atoms with Gasteiger partial charge in [-0.05, 0) is 68.7 Å². The molecule has 2 saturated carbocycles. The molecule has 0 unspecified atom stereocenters. The van der Waals surface area contributed by atoms with Gasteiger partial charge in [-0.1, -0.05) is 12.1 Å². The highest BCUT2D eigenvalue weighted by molar-refractivity contribution is 5.48. The molecule has 0 saturated heterocycles. The smallest absolute Gasteiger partial charge is 0.0253 e. The SMILES string of the molecule is Cc1cc(C)c(C2(C3(N)CC3)CC2)cc1C. The number of hydrogen-bond acceptors (Lipinski definition) is 1. The van der Waals surface area contributed by atoms with Crippen LogP contribution in [0.5, 0.6) is 0 Å². The Balaban J connectivity index is 2.10. The van der Waals surface area contributed by atoms with Gasteiger partial charge < -0.3 is 5.73 Å².